The summed E-state index contributed by atoms with van der Waals surface area (Å²) >= 11 is 3.51. The van der Waals surface area contributed by atoms with E-state index in [2.05, 4.69) is 27.6 Å². The number of carboxylic acid groups (broad SMARTS) is 1. The van der Waals surface area contributed by atoms with E-state index in [0.717, 1.165) is 9.15 Å². The van der Waals surface area contributed by atoms with Gasteiger partial charge in [0.15, 0.2) is 5.69 Å². The Balaban J connectivity index is 2.37. The van der Waals surface area contributed by atoms with E-state index >= 15 is 0 Å². The largest absolute Gasteiger partial charge is 0.476 e. The van der Waals surface area contributed by atoms with Crippen LogP contribution in [-0.4, -0.2) is 21.6 Å². The van der Waals surface area contributed by atoms with Crippen LogP contribution in [0.1, 0.15) is 22.4 Å². The lowest BCUT2D eigenvalue weighted by molar-refractivity contribution is 0.0691. The van der Waals surface area contributed by atoms with Crippen LogP contribution in [0.15, 0.2) is 33.3 Å². The number of hydrogen-bond acceptors (Lipinski definition) is 4. The molecule has 6 heteroatoms. The van der Waals surface area contributed by atoms with Crippen LogP contribution in [0.2, 0.25) is 0 Å². The summed E-state index contributed by atoms with van der Waals surface area (Å²) in [6.07, 6.45) is 7.61. The maximum atomic E-state index is 10.8. The predicted molar refractivity (Wildman–Crippen MR) is 80.9 cm³/mol. The molecule has 0 fully saturated rings. The highest BCUT2D eigenvalue weighted by atomic mass is 127. The van der Waals surface area contributed by atoms with Gasteiger partial charge in [0, 0.05) is 14.5 Å². The molecule has 2 rings (SSSR count). The van der Waals surface area contributed by atoms with Crippen molar-refractivity contribution in [3.8, 4) is 0 Å². The molecule has 1 unspecified atom stereocenters. The molecule has 0 bridgehead atoms. The number of halogens is 1. The molecule has 1 aromatic heterocycles. The van der Waals surface area contributed by atoms with Crippen LogP contribution in [-0.2, 0) is 0 Å². The van der Waals surface area contributed by atoms with Crippen LogP contribution in [0.3, 0.4) is 0 Å². The van der Waals surface area contributed by atoms with E-state index in [1.54, 1.807) is 0 Å². The summed E-state index contributed by atoms with van der Waals surface area (Å²) in [7, 11) is 0. The van der Waals surface area contributed by atoms with E-state index in [-0.39, 0.29) is 5.69 Å². The van der Waals surface area contributed by atoms with Crippen molar-refractivity contribution in [1.82, 2.24) is 4.98 Å². The molecule has 0 saturated carbocycles. The Hall–Kier alpha value is -0.990. The average Bonchev–Trinajstić information content (AvgIpc) is 2.73. The number of carbonyl (C=O) groups is 1. The molecule has 1 atom stereocenters. The van der Waals surface area contributed by atoms with E-state index in [0.29, 0.717) is 5.01 Å². The zero-order valence-corrected chi connectivity index (χ0v) is 12.5. The molecule has 0 spiro atoms. The number of allylic oxidation sites excluding steroid dienone is 4. The van der Waals surface area contributed by atoms with Gasteiger partial charge in [-0.05, 0) is 29.5 Å². The number of rotatable bonds is 2. The van der Waals surface area contributed by atoms with Crippen molar-refractivity contribution < 1.29 is 9.90 Å². The predicted octanol–water partition coefficient (Wildman–Crippen LogP) is 2.83. The third-order valence-corrected chi connectivity index (χ3v) is 4.92. The summed E-state index contributed by atoms with van der Waals surface area (Å²) in [6.45, 7) is 1.92. The van der Waals surface area contributed by atoms with Crippen LogP contribution in [0.4, 0.5) is 0 Å². The molecule has 0 aromatic carbocycles. The molecule has 94 valence electrons. The number of aromatic carboxylic acids is 1. The van der Waals surface area contributed by atoms with Gasteiger partial charge in [0.05, 0.1) is 5.54 Å². The van der Waals surface area contributed by atoms with Crippen LogP contribution < -0.4 is 5.73 Å². The molecule has 3 N–H and O–H groups in total. The second-order valence-electron chi connectivity index (χ2n) is 4.10. The van der Waals surface area contributed by atoms with Gasteiger partial charge in [0.25, 0.3) is 0 Å². The van der Waals surface area contributed by atoms with Crippen molar-refractivity contribution in [2.45, 2.75) is 12.5 Å². The topological polar surface area (TPSA) is 76.2 Å². The SMILES string of the molecule is CC1(N)C=CC(c2nc(C(=O)O)cs2)=CC=C1I. The van der Waals surface area contributed by atoms with Crippen molar-refractivity contribution in [2.75, 3.05) is 0 Å². The van der Waals surface area contributed by atoms with Gasteiger partial charge in [-0.15, -0.1) is 11.3 Å². The van der Waals surface area contributed by atoms with E-state index in [1.165, 1.54) is 16.7 Å². The maximum absolute atomic E-state index is 10.8. The highest BCUT2D eigenvalue weighted by molar-refractivity contribution is 14.1. The monoisotopic (exact) mass is 374 g/mol. The first kappa shape index (κ1) is 13.4. The van der Waals surface area contributed by atoms with Crippen LogP contribution in [0.5, 0.6) is 0 Å². The van der Waals surface area contributed by atoms with Crippen molar-refractivity contribution in [3.05, 3.63) is 44.0 Å². The van der Waals surface area contributed by atoms with E-state index in [9.17, 15) is 4.79 Å². The van der Waals surface area contributed by atoms with Crippen molar-refractivity contribution >= 4 is 45.5 Å². The first-order valence-electron chi connectivity index (χ1n) is 5.15. The van der Waals surface area contributed by atoms with Gasteiger partial charge < -0.3 is 10.8 Å². The second-order valence-corrected chi connectivity index (χ2v) is 6.12. The molecule has 4 nitrogen and oxygen atoms in total. The number of carboxylic acids is 1. The molecule has 0 saturated heterocycles. The molecule has 18 heavy (non-hydrogen) atoms. The lowest BCUT2D eigenvalue weighted by atomic mass is 10.0. The Labute approximate surface area is 122 Å². The highest BCUT2D eigenvalue weighted by Crippen LogP contribution is 2.29. The third-order valence-electron chi connectivity index (χ3n) is 2.50. The molecule has 1 aliphatic rings. The number of nitrogens with zero attached hydrogens (tertiary/aromatic N) is 1. The lowest BCUT2D eigenvalue weighted by Gasteiger charge is -2.18. The Morgan fingerprint density at radius 1 is 1.56 bits per heavy atom. The van der Waals surface area contributed by atoms with Gasteiger partial charge >= 0.3 is 5.97 Å². The van der Waals surface area contributed by atoms with Crippen LogP contribution in [0.25, 0.3) is 5.57 Å². The minimum Gasteiger partial charge on any atom is -0.476 e. The van der Waals surface area contributed by atoms with E-state index in [4.69, 9.17) is 10.8 Å². The molecular formula is C12H11IN2O2S. The first-order chi connectivity index (χ1) is 8.40. The summed E-state index contributed by atoms with van der Waals surface area (Å²) in [5.74, 6) is -1.01. The summed E-state index contributed by atoms with van der Waals surface area (Å²) in [6, 6.07) is 0. The zero-order chi connectivity index (χ0) is 13.3. The quantitative estimate of drug-likeness (QED) is 0.781. The summed E-state index contributed by atoms with van der Waals surface area (Å²) < 4.78 is 1.02. The molecule has 1 aromatic rings. The fourth-order valence-corrected chi connectivity index (χ4v) is 2.55. The molecule has 0 radical (unpaired) electrons. The molecule has 1 aliphatic carbocycles. The molecule has 0 amide bonds. The maximum Gasteiger partial charge on any atom is 0.355 e. The van der Waals surface area contributed by atoms with Gasteiger partial charge in [-0.1, -0.05) is 24.3 Å². The van der Waals surface area contributed by atoms with Gasteiger partial charge in [-0.3, -0.25) is 0 Å². The van der Waals surface area contributed by atoms with Gasteiger partial charge in [0.2, 0.25) is 0 Å². The van der Waals surface area contributed by atoms with Gasteiger partial charge in [-0.2, -0.15) is 0 Å². The Bertz CT molecular complexity index is 585. The Kier molecular flexibility index (Phi) is 3.69. The number of nitrogens with two attached hydrogens (primary N) is 1. The van der Waals surface area contributed by atoms with Crippen LogP contribution >= 0.6 is 33.9 Å². The fraction of sp³-hybridized carbons (Fsp3) is 0.167. The van der Waals surface area contributed by atoms with Gasteiger partial charge in [0.1, 0.15) is 5.01 Å². The molecule has 0 aliphatic heterocycles. The Morgan fingerprint density at radius 3 is 2.89 bits per heavy atom. The van der Waals surface area contributed by atoms with Crippen LogP contribution in [0, 0.1) is 0 Å². The number of hydrogen-bond donors (Lipinski definition) is 2. The fourth-order valence-electron chi connectivity index (χ4n) is 1.39. The normalized spacial score (nSPS) is 23.3. The second kappa shape index (κ2) is 4.94. The first-order valence-corrected chi connectivity index (χ1v) is 7.11. The average molecular weight is 374 g/mol. The van der Waals surface area contributed by atoms with Gasteiger partial charge in [-0.25, -0.2) is 9.78 Å². The van der Waals surface area contributed by atoms with E-state index in [1.807, 2.05) is 31.2 Å². The minimum absolute atomic E-state index is 0.0720. The number of thiazole rings is 1. The minimum atomic E-state index is -1.01. The van der Waals surface area contributed by atoms with Crippen molar-refractivity contribution in [2.24, 2.45) is 5.73 Å². The summed E-state index contributed by atoms with van der Waals surface area (Å²) in [4.78, 5) is 14.9. The lowest BCUT2D eigenvalue weighted by Crippen LogP contribution is -2.33. The zero-order valence-electron chi connectivity index (χ0n) is 9.55. The van der Waals surface area contributed by atoms with Crippen molar-refractivity contribution in [1.29, 1.82) is 0 Å². The number of aromatic nitrogens is 1. The highest BCUT2D eigenvalue weighted by Gasteiger charge is 2.20. The molecule has 1 heterocycles. The standard InChI is InChI=1S/C12H11IN2O2S/c1-12(14)5-4-7(2-3-9(12)13)10-15-8(6-18-10)11(16)17/h2-6H,14H2,1H3,(H,16,17). The third kappa shape index (κ3) is 2.70. The molecular weight excluding hydrogens is 363 g/mol. The Morgan fingerprint density at radius 2 is 2.28 bits per heavy atom. The van der Waals surface area contributed by atoms with E-state index < -0.39 is 11.5 Å². The summed E-state index contributed by atoms with van der Waals surface area (Å²) in [5.41, 5.74) is 6.56. The summed E-state index contributed by atoms with van der Waals surface area (Å²) in [5, 5.41) is 11.1. The van der Waals surface area contributed by atoms with Crippen molar-refractivity contribution in [3.63, 3.8) is 0 Å². The smallest absolute Gasteiger partial charge is 0.355 e.